The number of hydrogen-bond acceptors (Lipinski definition) is 15. The predicted octanol–water partition coefficient (Wildman–Crippen LogP) is -6.59. The first-order valence-corrected chi connectivity index (χ1v) is 10.5. The number of hydrogen-bond donors (Lipinski definition) is 10. The van der Waals surface area contributed by atoms with Gasteiger partial charge in [-0.05, 0) is 0 Å². The SMILES string of the molecule is OC[C@H]1O[C@H](OC[C@H]2O[C@H](O[C@]3(CO)O[C@H](CF)[C@@H](O)[C@@H]3O)[C@H](O)[C@@H](O)[C@@H]2O)[C@H](O)[C@@H](O)[C@H]1O. The van der Waals surface area contributed by atoms with E-state index in [9.17, 15) is 55.5 Å². The lowest BCUT2D eigenvalue weighted by Crippen LogP contribution is -2.63. The van der Waals surface area contributed by atoms with Gasteiger partial charge in [-0.2, -0.15) is 0 Å². The zero-order valence-electron chi connectivity index (χ0n) is 17.7. The predicted molar refractivity (Wildman–Crippen MR) is 100 cm³/mol. The molecule has 0 radical (unpaired) electrons. The van der Waals surface area contributed by atoms with E-state index in [0.29, 0.717) is 0 Å². The monoisotopic (exact) mass is 506 g/mol. The first-order chi connectivity index (χ1) is 16.0. The van der Waals surface area contributed by atoms with Crippen LogP contribution in [-0.2, 0) is 23.7 Å². The molecule has 15 nitrogen and oxygen atoms in total. The molecule has 3 aliphatic heterocycles. The summed E-state index contributed by atoms with van der Waals surface area (Å²) in [6.07, 6.45) is -22.4. The zero-order chi connectivity index (χ0) is 25.4. The van der Waals surface area contributed by atoms with Crippen LogP contribution < -0.4 is 0 Å². The molecule has 0 spiro atoms. The first kappa shape index (κ1) is 27.9. The molecule has 0 aliphatic carbocycles. The topological polar surface area (TPSA) is 248 Å². The summed E-state index contributed by atoms with van der Waals surface area (Å²) in [5, 5.41) is 99.4. The van der Waals surface area contributed by atoms with Crippen LogP contribution in [0.1, 0.15) is 0 Å². The summed E-state index contributed by atoms with van der Waals surface area (Å²) in [5.74, 6) is -2.44. The number of rotatable bonds is 8. The summed E-state index contributed by atoms with van der Waals surface area (Å²) in [5.41, 5.74) is 0. The van der Waals surface area contributed by atoms with E-state index < -0.39 is 112 Å². The maximum atomic E-state index is 13.1. The van der Waals surface area contributed by atoms with Gasteiger partial charge in [-0.25, -0.2) is 4.39 Å². The number of aliphatic hydroxyl groups excluding tert-OH is 10. The second-order valence-electron chi connectivity index (χ2n) is 8.38. The third-order valence-corrected chi connectivity index (χ3v) is 6.14. The highest BCUT2D eigenvalue weighted by atomic mass is 19.1. The smallest absolute Gasteiger partial charge is 0.224 e. The average Bonchev–Trinajstić information content (AvgIpc) is 3.08. The molecule has 0 aromatic rings. The normalized spacial score (nSPS) is 52.1. The Balaban J connectivity index is 1.69. The average molecular weight is 506 g/mol. The highest BCUT2D eigenvalue weighted by Gasteiger charge is 2.58. The lowest BCUT2D eigenvalue weighted by Gasteiger charge is -2.44. The van der Waals surface area contributed by atoms with Crippen molar-refractivity contribution in [2.75, 3.05) is 26.5 Å². The molecule has 0 bridgehead atoms. The van der Waals surface area contributed by atoms with Crippen LogP contribution in [0, 0.1) is 0 Å². The van der Waals surface area contributed by atoms with Crippen LogP contribution in [0.25, 0.3) is 0 Å². The minimum atomic E-state index is -2.44. The van der Waals surface area contributed by atoms with Gasteiger partial charge in [0.05, 0.1) is 13.2 Å². The Morgan fingerprint density at radius 1 is 0.676 bits per heavy atom. The van der Waals surface area contributed by atoms with Crippen molar-refractivity contribution in [2.24, 2.45) is 0 Å². The van der Waals surface area contributed by atoms with Gasteiger partial charge in [-0.3, -0.25) is 0 Å². The van der Waals surface area contributed by atoms with Crippen LogP contribution >= 0.6 is 0 Å². The second-order valence-corrected chi connectivity index (χ2v) is 8.38. The molecular weight excluding hydrogens is 475 g/mol. The van der Waals surface area contributed by atoms with Crippen LogP contribution in [0.4, 0.5) is 4.39 Å². The van der Waals surface area contributed by atoms with E-state index in [1.807, 2.05) is 0 Å². The molecule has 3 aliphatic rings. The van der Waals surface area contributed by atoms with E-state index in [1.165, 1.54) is 0 Å². The van der Waals surface area contributed by atoms with Crippen molar-refractivity contribution in [1.82, 2.24) is 0 Å². The van der Waals surface area contributed by atoms with Gasteiger partial charge in [-0.1, -0.05) is 0 Å². The van der Waals surface area contributed by atoms with Gasteiger partial charge in [0.1, 0.15) is 80.4 Å². The van der Waals surface area contributed by atoms with Crippen LogP contribution in [-0.4, -0.2) is 163 Å². The molecule has 10 N–H and O–H groups in total. The van der Waals surface area contributed by atoms with E-state index in [0.717, 1.165) is 0 Å². The quantitative estimate of drug-likeness (QED) is 0.147. The van der Waals surface area contributed by atoms with Gasteiger partial charge in [0.2, 0.25) is 5.79 Å². The van der Waals surface area contributed by atoms with Crippen molar-refractivity contribution >= 4 is 0 Å². The third kappa shape index (κ3) is 5.08. The first-order valence-electron chi connectivity index (χ1n) is 10.5. The summed E-state index contributed by atoms with van der Waals surface area (Å²) in [6, 6.07) is 0. The molecule has 0 amide bonds. The van der Waals surface area contributed by atoms with E-state index >= 15 is 0 Å². The van der Waals surface area contributed by atoms with Gasteiger partial charge >= 0.3 is 0 Å². The van der Waals surface area contributed by atoms with Crippen molar-refractivity contribution in [3.05, 3.63) is 0 Å². The van der Waals surface area contributed by atoms with Crippen LogP contribution in [0.15, 0.2) is 0 Å². The van der Waals surface area contributed by atoms with Crippen LogP contribution in [0.5, 0.6) is 0 Å². The van der Waals surface area contributed by atoms with Crippen molar-refractivity contribution in [3.8, 4) is 0 Å². The van der Waals surface area contributed by atoms with Gasteiger partial charge in [0.25, 0.3) is 0 Å². The summed E-state index contributed by atoms with van der Waals surface area (Å²) < 4.78 is 39.3. The molecular formula is C18H31FO15. The highest BCUT2D eigenvalue weighted by Crippen LogP contribution is 2.36. The molecule has 16 heteroatoms. The lowest BCUT2D eigenvalue weighted by molar-refractivity contribution is -0.387. The second kappa shape index (κ2) is 11.2. The number of aliphatic hydroxyl groups is 10. The molecule has 14 atom stereocenters. The Morgan fingerprint density at radius 3 is 1.76 bits per heavy atom. The molecule has 200 valence electrons. The Hall–Kier alpha value is -0.670. The Morgan fingerprint density at radius 2 is 1.24 bits per heavy atom. The third-order valence-electron chi connectivity index (χ3n) is 6.14. The minimum Gasteiger partial charge on any atom is -0.394 e. The molecule has 0 unspecified atom stereocenters. The molecule has 3 saturated heterocycles. The van der Waals surface area contributed by atoms with Crippen molar-refractivity contribution < 1.29 is 79.1 Å². The number of ether oxygens (including phenoxy) is 5. The molecule has 34 heavy (non-hydrogen) atoms. The van der Waals surface area contributed by atoms with Crippen molar-refractivity contribution in [2.45, 2.75) is 85.5 Å². The molecule has 3 rings (SSSR count). The summed E-state index contributed by atoms with van der Waals surface area (Å²) in [4.78, 5) is 0. The van der Waals surface area contributed by atoms with Crippen LogP contribution in [0.3, 0.4) is 0 Å². The largest absolute Gasteiger partial charge is 0.394 e. The van der Waals surface area contributed by atoms with E-state index in [2.05, 4.69) is 0 Å². The molecule has 3 heterocycles. The zero-order valence-corrected chi connectivity index (χ0v) is 17.7. The lowest BCUT2D eigenvalue weighted by atomic mass is 9.98. The van der Waals surface area contributed by atoms with Gasteiger partial charge in [0, 0.05) is 0 Å². The van der Waals surface area contributed by atoms with E-state index in [-0.39, 0.29) is 0 Å². The van der Waals surface area contributed by atoms with Gasteiger partial charge in [-0.15, -0.1) is 0 Å². The van der Waals surface area contributed by atoms with E-state index in [1.54, 1.807) is 0 Å². The van der Waals surface area contributed by atoms with E-state index in [4.69, 9.17) is 23.7 Å². The molecule has 3 fully saturated rings. The summed E-state index contributed by atoms with van der Waals surface area (Å²) in [6.45, 7) is -3.72. The molecule has 0 saturated carbocycles. The Kier molecular flexibility index (Phi) is 9.16. The fraction of sp³-hybridized carbons (Fsp3) is 1.00. The highest BCUT2D eigenvalue weighted by molar-refractivity contribution is 4.98. The number of halogens is 1. The van der Waals surface area contributed by atoms with Gasteiger partial charge in [0.15, 0.2) is 12.6 Å². The van der Waals surface area contributed by atoms with Crippen molar-refractivity contribution in [3.63, 3.8) is 0 Å². The van der Waals surface area contributed by atoms with Gasteiger partial charge < -0.3 is 74.7 Å². The molecule has 0 aromatic heterocycles. The minimum absolute atomic E-state index is 0.654. The number of alkyl halides is 1. The van der Waals surface area contributed by atoms with Crippen molar-refractivity contribution in [1.29, 1.82) is 0 Å². The summed E-state index contributed by atoms with van der Waals surface area (Å²) >= 11 is 0. The fourth-order valence-corrected chi connectivity index (χ4v) is 3.99. The Labute approximate surface area is 192 Å². The van der Waals surface area contributed by atoms with Crippen LogP contribution in [0.2, 0.25) is 0 Å². The maximum Gasteiger partial charge on any atom is 0.224 e. The Bertz CT molecular complexity index is 659. The summed E-state index contributed by atoms with van der Waals surface area (Å²) in [7, 11) is 0. The maximum absolute atomic E-state index is 13.1. The fourth-order valence-electron chi connectivity index (χ4n) is 3.99. The molecule has 0 aromatic carbocycles. The standard InChI is InChI=1S/C18H31FO15/c19-1-5-10(24)15(29)18(4-21,33-5)34-17-14(28)12(26)9(23)7(32-17)3-30-16-13(27)11(25)8(22)6(2-20)31-16/h5-17,20-29H,1-4H2/t5-,6-,7-,8+,9-,10-,11+,12+,13-,14-,15+,16+,17-,18+/m1/s1.